The maximum Gasteiger partial charge on any atom is 0.409 e. The van der Waals surface area contributed by atoms with E-state index in [1.165, 1.54) is 0 Å². The van der Waals surface area contributed by atoms with Gasteiger partial charge >= 0.3 is 6.09 Å². The summed E-state index contributed by atoms with van der Waals surface area (Å²) in [7, 11) is 0. The zero-order chi connectivity index (χ0) is 15.4. The Balaban J connectivity index is 1.97. The van der Waals surface area contributed by atoms with E-state index in [0.717, 1.165) is 4.47 Å². The maximum atomic E-state index is 12.4. The molecule has 0 atom stereocenters. The Kier molecular flexibility index (Phi) is 5.47. The van der Waals surface area contributed by atoms with Crippen LogP contribution in [0.1, 0.15) is 17.3 Å². The van der Waals surface area contributed by atoms with E-state index in [1.54, 1.807) is 34.9 Å². The Labute approximate surface area is 136 Å². The van der Waals surface area contributed by atoms with Gasteiger partial charge in [-0.25, -0.2) is 4.79 Å². The van der Waals surface area contributed by atoms with Crippen LogP contribution in [0.5, 0.6) is 0 Å². The average molecular weight is 376 g/mol. The number of nitrogens with zero attached hydrogens (tertiary/aromatic N) is 2. The molecule has 114 valence electrons. The van der Waals surface area contributed by atoms with E-state index in [4.69, 9.17) is 16.3 Å². The van der Waals surface area contributed by atoms with E-state index in [-0.39, 0.29) is 12.0 Å². The first-order chi connectivity index (χ1) is 10.0. The van der Waals surface area contributed by atoms with Crippen molar-refractivity contribution in [3.63, 3.8) is 0 Å². The predicted octanol–water partition coefficient (Wildman–Crippen LogP) is 3.02. The minimum absolute atomic E-state index is 0.0760. The predicted molar refractivity (Wildman–Crippen MR) is 83.7 cm³/mol. The van der Waals surface area contributed by atoms with Crippen LogP contribution in [-0.4, -0.2) is 54.6 Å². The highest BCUT2D eigenvalue weighted by atomic mass is 79.9. The van der Waals surface area contributed by atoms with E-state index in [0.29, 0.717) is 43.4 Å². The topological polar surface area (TPSA) is 49.9 Å². The summed E-state index contributed by atoms with van der Waals surface area (Å²) in [5, 5.41) is 0.506. The second-order valence-corrected chi connectivity index (χ2v) is 5.87. The smallest absolute Gasteiger partial charge is 0.409 e. The molecule has 1 aromatic rings. The standard InChI is InChI=1S/C14H16BrClN2O3/c1-2-21-14(20)18-7-5-17(6-8-18)13(19)10-3-4-11(15)12(16)9-10/h3-4,9H,2,5-8H2,1H3. The second kappa shape index (κ2) is 7.13. The lowest BCUT2D eigenvalue weighted by molar-refractivity contribution is 0.0570. The number of ether oxygens (including phenoxy) is 1. The molecule has 0 spiro atoms. The Bertz CT molecular complexity index is 545. The van der Waals surface area contributed by atoms with E-state index < -0.39 is 0 Å². The summed E-state index contributed by atoms with van der Waals surface area (Å²) >= 11 is 9.31. The molecule has 1 fully saturated rings. The fourth-order valence-corrected chi connectivity index (χ4v) is 2.55. The summed E-state index contributed by atoms with van der Waals surface area (Å²) in [6.07, 6.45) is -0.323. The molecule has 1 saturated heterocycles. The zero-order valence-corrected chi connectivity index (χ0v) is 14.0. The number of rotatable bonds is 2. The fourth-order valence-electron chi connectivity index (χ4n) is 2.12. The van der Waals surface area contributed by atoms with Crippen molar-refractivity contribution in [2.75, 3.05) is 32.8 Å². The first kappa shape index (κ1) is 16.1. The van der Waals surface area contributed by atoms with Gasteiger partial charge in [0.25, 0.3) is 5.91 Å². The highest BCUT2D eigenvalue weighted by molar-refractivity contribution is 9.10. The maximum absolute atomic E-state index is 12.4. The molecule has 0 saturated carbocycles. The Hall–Kier alpha value is -1.27. The van der Waals surface area contributed by atoms with Gasteiger partial charge in [0.1, 0.15) is 0 Å². The second-order valence-electron chi connectivity index (χ2n) is 4.61. The lowest BCUT2D eigenvalue weighted by Crippen LogP contribution is -2.50. The Morgan fingerprint density at radius 1 is 1.24 bits per heavy atom. The van der Waals surface area contributed by atoms with E-state index in [1.807, 2.05) is 0 Å². The number of hydrogen-bond acceptors (Lipinski definition) is 3. The van der Waals surface area contributed by atoms with Gasteiger partial charge in [-0.3, -0.25) is 4.79 Å². The van der Waals surface area contributed by atoms with Gasteiger partial charge in [-0.2, -0.15) is 0 Å². The molecule has 0 unspecified atom stereocenters. The lowest BCUT2D eigenvalue weighted by Gasteiger charge is -2.34. The molecule has 1 aromatic carbocycles. The molecule has 7 heteroatoms. The fraction of sp³-hybridized carbons (Fsp3) is 0.429. The molecule has 1 heterocycles. The molecule has 2 rings (SSSR count). The molecule has 1 aliphatic rings. The van der Waals surface area contributed by atoms with Crippen LogP contribution in [-0.2, 0) is 4.74 Å². The molecule has 21 heavy (non-hydrogen) atoms. The molecule has 0 bridgehead atoms. The van der Waals surface area contributed by atoms with Crippen LogP contribution in [0.2, 0.25) is 5.02 Å². The Morgan fingerprint density at radius 2 is 1.86 bits per heavy atom. The normalized spacial score (nSPS) is 15.0. The van der Waals surface area contributed by atoms with Crippen LogP contribution in [0.4, 0.5) is 4.79 Å². The van der Waals surface area contributed by atoms with Gasteiger partial charge in [0.05, 0.1) is 11.6 Å². The molecule has 5 nitrogen and oxygen atoms in total. The van der Waals surface area contributed by atoms with E-state index in [2.05, 4.69) is 15.9 Å². The van der Waals surface area contributed by atoms with E-state index >= 15 is 0 Å². The third-order valence-corrected chi connectivity index (χ3v) is 4.49. The molecule has 1 aliphatic heterocycles. The van der Waals surface area contributed by atoms with Crippen molar-refractivity contribution in [3.8, 4) is 0 Å². The minimum Gasteiger partial charge on any atom is -0.450 e. The van der Waals surface area contributed by atoms with Gasteiger partial charge < -0.3 is 14.5 Å². The van der Waals surface area contributed by atoms with Crippen LogP contribution in [0.15, 0.2) is 22.7 Å². The number of piperazine rings is 1. The van der Waals surface area contributed by atoms with Gasteiger partial charge in [-0.15, -0.1) is 0 Å². The number of halogens is 2. The van der Waals surface area contributed by atoms with Crippen LogP contribution < -0.4 is 0 Å². The van der Waals surface area contributed by atoms with Crippen molar-refractivity contribution in [1.29, 1.82) is 0 Å². The number of carbonyl (C=O) groups excluding carboxylic acids is 2. The molecule has 0 radical (unpaired) electrons. The Morgan fingerprint density at radius 3 is 2.43 bits per heavy atom. The van der Waals surface area contributed by atoms with Crippen molar-refractivity contribution in [3.05, 3.63) is 33.3 Å². The average Bonchev–Trinajstić information content (AvgIpc) is 2.50. The minimum atomic E-state index is -0.323. The third-order valence-electron chi connectivity index (χ3n) is 3.26. The summed E-state index contributed by atoms with van der Waals surface area (Å²) in [6.45, 7) is 4.07. The molecule has 0 aliphatic carbocycles. The van der Waals surface area contributed by atoms with Crippen molar-refractivity contribution in [2.24, 2.45) is 0 Å². The first-order valence-corrected chi connectivity index (χ1v) is 7.86. The van der Waals surface area contributed by atoms with Gasteiger partial charge in [-0.1, -0.05) is 11.6 Å². The number of carbonyl (C=O) groups is 2. The number of amides is 2. The summed E-state index contributed by atoms with van der Waals surface area (Å²) in [5.41, 5.74) is 0.549. The SMILES string of the molecule is CCOC(=O)N1CCN(C(=O)c2ccc(Br)c(Cl)c2)CC1. The summed E-state index contributed by atoms with van der Waals surface area (Å²) < 4.78 is 5.71. The summed E-state index contributed by atoms with van der Waals surface area (Å²) in [6, 6.07) is 5.13. The monoisotopic (exact) mass is 374 g/mol. The van der Waals surface area contributed by atoms with Crippen LogP contribution in [0, 0.1) is 0 Å². The highest BCUT2D eigenvalue weighted by Gasteiger charge is 2.25. The lowest BCUT2D eigenvalue weighted by atomic mass is 10.2. The highest BCUT2D eigenvalue weighted by Crippen LogP contribution is 2.24. The summed E-state index contributed by atoms with van der Waals surface area (Å²) in [4.78, 5) is 27.3. The van der Waals surface area contributed by atoms with Crippen molar-refractivity contribution in [1.82, 2.24) is 9.80 Å². The molecular weight excluding hydrogens is 360 g/mol. The largest absolute Gasteiger partial charge is 0.450 e. The van der Waals surface area contributed by atoms with Crippen molar-refractivity contribution >= 4 is 39.5 Å². The van der Waals surface area contributed by atoms with Gasteiger partial charge in [0.15, 0.2) is 0 Å². The molecule has 0 aromatic heterocycles. The zero-order valence-electron chi connectivity index (χ0n) is 11.6. The van der Waals surface area contributed by atoms with Crippen LogP contribution >= 0.6 is 27.5 Å². The van der Waals surface area contributed by atoms with Gasteiger partial charge in [0.2, 0.25) is 0 Å². The summed E-state index contributed by atoms with van der Waals surface area (Å²) in [5.74, 6) is -0.0760. The molecular formula is C14H16BrClN2O3. The number of benzene rings is 1. The third kappa shape index (κ3) is 3.89. The first-order valence-electron chi connectivity index (χ1n) is 6.69. The van der Waals surface area contributed by atoms with E-state index in [9.17, 15) is 9.59 Å². The van der Waals surface area contributed by atoms with Gasteiger partial charge in [-0.05, 0) is 41.1 Å². The van der Waals surface area contributed by atoms with Gasteiger partial charge in [0, 0.05) is 36.2 Å². The van der Waals surface area contributed by atoms with Crippen LogP contribution in [0.3, 0.4) is 0 Å². The molecule has 0 N–H and O–H groups in total. The van der Waals surface area contributed by atoms with Crippen molar-refractivity contribution < 1.29 is 14.3 Å². The molecule has 2 amide bonds. The number of hydrogen-bond donors (Lipinski definition) is 0. The quantitative estimate of drug-likeness (QED) is 0.798. The van der Waals surface area contributed by atoms with Crippen LogP contribution in [0.25, 0.3) is 0 Å². The van der Waals surface area contributed by atoms with Crippen molar-refractivity contribution in [2.45, 2.75) is 6.92 Å².